The molecule has 0 spiro atoms. The van der Waals surface area contributed by atoms with Crippen molar-refractivity contribution in [3.8, 4) is 0 Å². The molecule has 0 bridgehead atoms. The molecule has 3 aromatic rings. The lowest BCUT2D eigenvalue weighted by Gasteiger charge is -2.22. The number of amides is 1. The third kappa shape index (κ3) is 3.87. The summed E-state index contributed by atoms with van der Waals surface area (Å²) < 4.78 is 2.02. The third-order valence-electron chi connectivity index (χ3n) is 4.09. The van der Waals surface area contributed by atoms with Gasteiger partial charge in [-0.25, -0.2) is 4.98 Å². The Morgan fingerprint density at radius 3 is 2.52 bits per heavy atom. The molecule has 0 atom stereocenters. The Bertz CT molecular complexity index is 909. The zero-order valence-corrected chi connectivity index (χ0v) is 15.9. The normalized spacial score (nSPS) is 11.7. The van der Waals surface area contributed by atoms with Gasteiger partial charge in [0.1, 0.15) is 0 Å². The number of rotatable bonds is 4. The van der Waals surface area contributed by atoms with Crippen LogP contribution in [-0.2, 0) is 17.3 Å². The molecule has 0 aliphatic carbocycles. The second-order valence-corrected chi connectivity index (χ2v) is 8.02. The van der Waals surface area contributed by atoms with Gasteiger partial charge < -0.3 is 9.88 Å². The van der Waals surface area contributed by atoms with Crippen molar-refractivity contribution in [2.75, 3.05) is 11.1 Å². The van der Waals surface area contributed by atoms with E-state index in [0.717, 1.165) is 27.4 Å². The quantitative estimate of drug-likeness (QED) is 0.697. The van der Waals surface area contributed by atoms with Gasteiger partial charge in [-0.15, -0.1) is 0 Å². The summed E-state index contributed by atoms with van der Waals surface area (Å²) >= 11 is 1.45. The number of carbonyl (C=O) groups excluding carboxylic acids is 1. The molecule has 2 aromatic carbocycles. The lowest BCUT2D eigenvalue weighted by molar-refractivity contribution is -0.113. The number of nitrogens with zero attached hydrogens (tertiary/aromatic N) is 2. The summed E-state index contributed by atoms with van der Waals surface area (Å²) in [5, 5.41) is 3.89. The molecular weight excluding hydrogens is 330 g/mol. The van der Waals surface area contributed by atoms with Gasteiger partial charge in [-0.2, -0.15) is 0 Å². The second-order valence-electron chi connectivity index (χ2n) is 7.07. The SMILES string of the molecule is Cn1c(SCC(=O)Nc2ccccc2C(C)(C)C)nc2ccccc21. The largest absolute Gasteiger partial charge is 0.325 e. The molecule has 1 amide bonds. The number of fused-ring (bicyclic) bond motifs is 1. The van der Waals surface area contributed by atoms with Gasteiger partial charge in [0.2, 0.25) is 5.91 Å². The molecule has 0 aliphatic heterocycles. The van der Waals surface area contributed by atoms with Crippen LogP contribution >= 0.6 is 11.8 Å². The molecule has 0 aliphatic rings. The average Bonchev–Trinajstić information content (AvgIpc) is 2.89. The number of hydrogen-bond donors (Lipinski definition) is 1. The smallest absolute Gasteiger partial charge is 0.234 e. The standard InChI is InChI=1S/C20H23N3OS/c1-20(2,3)14-9-5-6-10-15(14)21-18(24)13-25-19-22-16-11-7-8-12-17(16)23(19)4/h5-12H,13H2,1-4H3,(H,21,24). The zero-order valence-electron chi connectivity index (χ0n) is 15.0. The van der Waals surface area contributed by atoms with Gasteiger partial charge in [0.15, 0.2) is 5.16 Å². The molecule has 1 aromatic heterocycles. The van der Waals surface area contributed by atoms with Crippen molar-refractivity contribution < 1.29 is 4.79 Å². The number of nitrogens with one attached hydrogen (secondary N) is 1. The molecule has 0 radical (unpaired) electrons. The predicted molar refractivity (Wildman–Crippen MR) is 105 cm³/mol. The van der Waals surface area contributed by atoms with Gasteiger partial charge in [-0.05, 0) is 29.2 Å². The minimum atomic E-state index is -0.0197. The van der Waals surface area contributed by atoms with Crippen LogP contribution in [0.1, 0.15) is 26.3 Å². The number of aryl methyl sites for hydroxylation is 1. The minimum absolute atomic E-state index is 0.0194. The number of imidazole rings is 1. The van der Waals surface area contributed by atoms with Crippen LogP contribution in [0.4, 0.5) is 5.69 Å². The molecular formula is C20H23N3OS. The summed E-state index contributed by atoms with van der Waals surface area (Å²) in [4.78, 5) is 17.0. The van der Waals surface area contributed by atoms with Crippen molar-refractivity contribution in [1.82, 2.24) is 9.55 Å². The molecule has 5 heteroatoms. The maximum Gasteiger partial charge on any atom is 0.234 e. The first-order valence-corrected chi connectivity index (χ1v) is 9.28. The number of aromatic nitrogens is 2. The maximum absolute atomic E-state index is 12.4. The third-order valence-corrected chi connectivity index (χ3v) is 5.12. The van der Waals surface area contributed by atoms with Crippen LogP contribution in [-0.4, -0.2) is 21.2 Å². The molecule has 3 rings (SSSR count). The first-order valence-electron chi connectivity index (χ1n) is 8.30. The molecule has 0 saturated carbocycles. The molecule has 4 nitrogen and oxygen atoms in total. The number of anilines is 1. The van der Waals surface area contributed by atoms with Gasteiger partial charge in [-0.3, -0.25) is 4.79 Å². The van der Waals surface area contributed by atoms with E-state index in [9.17, 15) is 4.79 Å². The zero-order chi connectivity index (χ0) is 18.0. The van der Waals surface area contributed by atoms with Gasteiger partial charge in [0.05, 0.1) is 16.8 Å². The molecule has 0 saturated heterocycles. The van der Waals surface area contributed by atoms with Crippen LogP contribution in [0.25, 0.3) is 11.0 Å². The van der Waals surface area contributed by atoms with E-state index in [2.05, 4.69) is 37.1 Å². The van der Waals surface area contributed by atoms with Crippen LogP contribution in [0, 0.1) is 0 Å². The highest BCUT2D eigenvalue weighted by Crippen LogP contribution is 2.29. The number of para-hydroxylation sites is 3. The topological polar surface area (TPSA) is 46.9 Å². The highest BCUT2D eigenvalue weighted by molar-refractivity contribution is 7.99. The summed E-state index contributed by atoms with van der Waals surface area (Å²) in [7, 11) is 1.98. The highest BCUT2D eigenvalue weighted by Gasteiger charge is 2.19. The van der Waals surface area contributed by atoms with E-state index in [-0.39, 0.29) is 11.3 Å². The van der Waals surface area contributed by atoms with E-state index in [0.29, 0.717) is 5.75 Å². The Morgan fingerprint density at radius 1 is 1.12 bits per heavy atom. The van der Waals surface area contributed by atoms with Crippen molar-refractivity contribution in [3.05, 3.63) is 54.1 Å². The maximum atomic E-state index is 12.4. The first-order chi connectivity index (χ1) is 11.9. The highest BCUT2D eigenvalue weighted by atomic mass is 32.2. The van der Waals surface area contributed by atoms with E-state index in [4.69, 9.17) is 0 Å². The summed E-state index contributed by atoms with van der Waals surface area (Å²) in [6.07, 6.45) is 0. The summed E-state index contributed by atoms with van der Waals surface area (Å²) in [6.45, 7) is 6.44. The predicted octanol–water partition coefficient (Wildman–Crippen LogP) is 4.60. The number of hydrogen-bond acceptors (Lipinski definition) is 3. The van der Waals surface area contributed by atoms with Crippen molar-refractivity contribution in [1.29, 1.82) is 0 Å². The summed E-state index contributed by atoms with van der Waals surface area (Å²) in [5.74, 6) is 0.309. The molecule has 0 fully saturated rings. The van der Waals surface area contributed by atoms with Crippen LogP contribution < -0.4 is 5.32 Å². The molecule has 1 N–H and O–H groups in total. The van der Waals surface area contributed by atoms with Gasteiger partial charge >= 0.3 is 0 Å². The Hall–Kier alpha value is -2.27. The molecule has 130 valence electrons. The number of thioether (sulfide) groups is 1. The molecule has 1 heterocycles. The fourth-order valence-corrected chi connectivity index (χ4v) is 3.60. The minimum Gasteiger partial charge on any atom is -0.325 e. The van der Waals surface area contributed by atoms with Crippen molar-refractivity contribution in [2.45, 2.75) is 31.3 Å². The van der Waals surface area contributed by atoms with Gasteiger partial charge in [0, 0.05) is 12.7 Å². The number of benzene rings is 2. The average molecular weight is 353 g/mol. The fraction of sp³-hybridized carbons (Fsp3) is 0.300. The second kappa shape index (κ2) is 6.92. The van der Waals surface area contributed by atoms with E-state index in [1.165, 1.54) is 11.8 Å². The fourth-order valence-electron chi connectivity index (χ4n) is 2.82. The monoisotopic (exact) mass is 353 g/mol. The van der Waals surface area contributed by atoms with Crippen molar-refractivity contribution in [3.63, 3.8) is 0 Å². The Balaban J connectivity index is 1.70. The van der Waals surface area contributed by atoms with Gasteiger partial charge in [0.25, 0.3) is 0 Å². The van der Waals surface area contributed by atoms with Crippen LogP contribution in [0.2, 0.25) is 0 Å². The lowest BCUT2D eigenvalue weighted by Crippen LogP contribution is -2.20. The first kappa shape index (κ1) is 17.5. The van der Waals surface area contributed by atoms with Gasteiger partial charge in [-0.1, -0.05) is 62.9 Å². The number of carbonyl (C=O) groups is 1. The van der Waals surface area contributed by atoms with E-state index < -0.39 is 0 Å². The van der Waals surface area contributed by atoms with Crippen molar-refractivity contribution >= 4 is 34.4 Å². The summed E-state index contributed by atoms with van der Waals surface area (Å²) in [5.41, 5.74) is 4.02. The van der Waals surface area contributed by atoms with Crippen LogP contribution in [0.5, 0.6) is 0 Å². The summed E-state index contributed by atoms with van der Waals surface area (Å²) in [6, 6.07) is 16.0. The Morgan fingerprint density at radius 2 is 1.80 bits per heavy atom. The molecule has 0 unspecified atom stereocenters. The Kier molecular flexibility index (Phi) is 4.86. The van der Waals surface area contributed by atoms with E-state index in [1.54, 1.807) is 0 Å². The Labute approximate surface area is 152 Å². The lowest BCUT2D eigenvalue weighted by atomic mass is 9.86. The van der Waals surface area contributed by atoms with E-state index >= 15 is 0 Å². The molecule has 25 heavy (non-hydrogen) atoms. The van der Waals surface area contributed by atoms with Crippen LogP contribution in [0.3, 0.4) is 0 Å². The van der Waals surface area contributed by atoms with Crippen LogP contribution in [0.15, 0.2) is 53.7 Å². The van der Waals surface area contributed by atoms with Crippen molar-refractivity contribution in [2.24, 2.45) is 7.05 Å². The van der Waals surface area contributed by atoms with E-state index in [1.807, 2.05) is 54.1 Å².